The number of ether oxygens (including phenoxy) is 1. The summed E-state index contributed by atoms with van der Waals surface area (Å²) in [5, 5.41) is 4.28. The third-order valence-electron chi connectivity index (χ3n) is 2.46. The number of rotatable bonds is 4. The Morgan fingerprint density at radius 3 is 2.32 bits per heavy atom. The van der Waals surface area contributed by atoms with Crippen LogP contribution in [0.15, 0.2) is 42.5 Å². The van der Waals surface area contributed by atoms with Crippen LogP contribution in [0, 0.1) is 0 Å². The van der Waals surface area contributed by atoms with Crippen LogP contribution < -0.4 is 10.1 Å². The minimum absolute atomic E-state index is 0.168. The molecule has 0 saturated heterocycles. The normalized spacial score (nSPS) is 10.6. The van der Waals surface area contributed by atoms with Crippen molar-refractivity contribution in [1.82, 2.24) is 0 Å². The predicted octanol–water partition coefficient (Wildman–Crippen LogP) is 5.52. The molecule has 4 heteroatoms. The number of hydrogen-bond acceptors (Lipinski definition) is 2. The van der Waals surface area contributed by atoms with E-state index in [1.165, 1.54) is 0 Å². The van der Waals surface area contributed by atoms with Crippen LogP contribution in [0.2, 0.25) is 10.0 Å². The molecule has 0 aliphatic rings. The Bertz CT molecular complexity index is 553. The zero-order valence-corrected chi connectivity index (χ0v) is 12.3. The largest absolute Gasteiger partial charge is 0.491 e. The Morgan fingerprint density at radius 2 is 1.68 bits per heavy atom. The predicted molar refractivity (Wildman–Crippen MR) is 82.0 cm³/mol. The SMILES string of the molecule is CC(C)Oc1ccc(Nc2cccc(Cl)c2Cl)cc1. The highest BCUT2D eigenvalue weighted by molar-refractivity contribution is 6.43. The number of halogens is 2. The highest BCUT2D eigenvalue weighted by atomic mass is 35.5. The molecule has 0 aromatic heterocycles. The van der Waals surface area contributed by atoms with Gasteiger partial charge >= 0.3 is 0 Å². The Kier molecular flexibility index (Phi) is 4.56. The van der Waals surface area contributed by atoms with Crippen molar-refractivity contribution in [2.24, 2.45) is 0 Å². The molecule has 0 atom stereocenters. The smallest absolute Gasteiger partial charge is 0.119 e. The van der Waals surface area contributed by atoms with Gasteiger partial charge in [0, 0.05) is 5.69 Å². The van der Waals surface area contributed by atoms with Gasteiger partial charge in [-0.15, -0.1) is 0 Å². The average Bonchev–Trinajstić information content (AvgIpc) is 2.37. The fraction of sp³-hybridized carbons (Fsp3) is 0.200. The van der Waals surface area contributed by atoms with Crippen LogP contribution in [0.25, 0.3) is 0 Å². The zero-order chi connectivity index (χ0) is 13.8. The van der Waals surface area contributed by atoms with Crippen molar-refractivity contribution in [3.05, 3.63) is 52.5 Å². The number of hydrogen-bond donors (Lipinski definition) is 1. The molecule has 1 N–H and O–H groups in total. The maximum Gasteiger partial charge on any atom is 0.119 e. The lowest BCUT2D eigenvalue weighted by Crippen LogP contribution is -2.05. The lowest BCUT2D eigenvalue weighted by Gasteiger charge is -2.12. The van der Waals surface area contributed by atoms with E-state index < -0.39 is 0 Å². The molecule has 0 bridgehead atoms. The summed E-state index contributed by atoms with van der Waals surface area (Å²) in [7, 11) is 0. The minimum atomic E-state index is 0.168. The first-order valence-electron chi connectivity index (χ1n) is 6.04. The first-order chi connectivity index (χ1) is 9.06. The summed E-state index contributed by atoms with van der Waals surface area (Å²) in [6, 6.07) is 13.2. The molecule has 0 amide bonds. The van der Waals surface area contributed by atoms with Crippen LogP contribution in [-0.2, 0) is 0 Å². The van der Waals surface area contributed by atoms with Gasteiger partial charge in [-0.3, -0.25) is 0 Å². The molecular formula is C15H15Cl2NO. The number of nitrogens with one attached hydrogen (secondary N) is 1. The van der Waals surface area contributed by atoms with E-state index in [0.717, 1.165) is 17.1 Å². The van der Waals surface area contributed by atoms with Gasteiger partial charge in [-0.1, -0.05) is 29.3 Å². The number of benzene rings is 2. The molecule has 0 fully saturated rings. The summed E-state index contributed by atoms with van der Waals surface area (Å²) in [4.78, 5) is 0. The Balaban J connectivity index is 2.13. The number of anilines is 2. The summed E-state index contributed by atoms with van der Waals surface area (Å²) >= 11 is 12.1. The summed E-state index contributed by atoms with van der Waals surface area (Å²) < 4.78 is 5.59. The molecule has 0 aliphatic carbocycles. The first kappa shape index (κ1) is 14.0. The van der Waals surface area contributed by atoms with Crippen molar-refractivity contribution in [3.8, 4) is 5.75 Å². The highest BCUT2D eigenvalue weighted by Crippen LogP contribution is 2.32. The van der Waals surface area contributed by atoms with E-state index in [1.807, 2.05) is 50.2 Å². The van der Waals surface area contributed by atoms with E-state index in [4.69, 9.17) is 27.9 Å². The van der Waals surface area contributed by atoms with Crippen molar-refractivity contribution in [2.75, 3.05) is 5.32 Å². The van der Waals surface area contributed by atoms with E-state index in [-0.39, 0.29) is 6.10 Å². The van der Waals surface area contributed by atoms with Gasteiger partial charge in [0.1, 0.15) is 5.75 Å². The molecule has 19 heavy (non-hydrogen) atoms. The van der Waals surface area contributed by atoms with Gasteiger partial charge in [0.25, 0.3) is 0 Å². The van der Waals surface area contributed by atoms with Gasteiger partial charge in [-0.2, -0.15) is 0 Å². The molecule has 0 unspecified atom stereocenters. The van der Waals surface area contributed by atoms with Crippen molar-refractivity contribution in [2.45, 2.75) is 20.0 Å². The maximum atomic E-state index is 6.12. The minimum Gasteiger partial charge on any atom is -0.491 e. The van der Waals surface area contributed by atoms with Gasteiger partial charge < -0.3 is 10.1 Å². The van der Waals surface area contributed by atoms with Crippen LogP contribution in [0.4, 0.5) is 11.4 Å². The van der Waals surface area contributed by atoms with E-state index in [9.17, 15) is 0 Å². The third kappa shape index (κ3) is 3.79. The summed E-state index contributed by atoms with van der Waals surface area (Å²) in [6.45, 7) is 4.00. The second kappa shape index (κ2) is 6.18. The summed E-state index contributed by atoms with van der Waals surface area (Å²) in [6.07, 6.45) is 0.168. The molecule has 100 valence electrons. The Morgan fingerprint density at radius 1 is 1.00 bits per heavy atom. The fourth-order valence-corrected chi connectivity index (χ4v) is 1.99. The van der Waals surface area contributed by atoms with Gasteiger partial charge in [0.2, 0.25) is 0 Å². The van der Waals surface area contributed by atoms with Crippen LogP contribution in [0.5, 0.6) is 5.75 Å². The maximum absolute atomic E-state index is 6.12. The van der Waals surface area contributed by atoms with Gasteiger partial charge in [-0.25, -0.2) is 0 Å². The molecule has 0 saturated carbocycles. The van der Waals surface area contributed by atoms with Gasteiger partial charge in [-0.05, 0) is 50.2 Å². The quantitative estimate of drug-likeness (QED) is 0.801. The molecule has 0 aliphatic heterocycles. The van der Waals surface area contributed by atoms with Crippen LogP contribution in [0.3, 0.4) is 0 Å². The lowest BCUT2D eigenvalue weighted by molar-refractivity contribution is 0.242. The molecule has 0 spiro atoms. The molecule has 2 aromatic rings. The van der Waals surface area contributed by atoms with Crippen molar-refractivity contribution in [3.63, 3.8) is 0 Å². The molecular weight excluding hydrogens is 281 g/mol. The van der Waals surface area contributed by atoms with Crippen LogP contribution in [-0.4, -0.2) is 6.10 Å². The monoisotopic (exact) mass is 295 g/mol. The van der Waals surface area contributed by atoms with E-state index in [2.05, 4.69) is 5.32 Å². The van der Waals surface area contributed by atoms with Crippen molar-refractivity contribution >= 4 is 34.6 Å². The van der Waals surface area contributed by atoms with Crippen molar-refractivity contribution in [1.29, 1.82) is 0 Å². The average molecular weight is 296 g/mol. The first-order valence-corrected chi connectivity index (χ1v) is 6.79. The topological polar surface area (TPSA) is 21.3 Å². The summed E-state index contributed by atoms with van der Waals surface area (Å²) in [5.74, 6) is 0.845. The highest BCUT2D eigenvalue weighted by Gasteiger charge is 2.04. The third-order valence-corrected chi connectivity index (χ3v) is 3.28. The second-order valence-electron chi connectivity index (χ2n) is 4.42. The molecule has 0 heterocycles. The standard InChI is InChI=1S/C15H15Cl2NO/c1-10(2)19-12-8-6-11(7-9-12)18-14-5-3-4-13(16)15(14)17/h3-10,18H,1-2H3. The Labute approximate surface area is 123 Å². The van der Waals surface area contributed by atoms with Crippen LogP contribution >= 0.6 is 23.2 Å². The fourth-order valence-electron chi connectivity index (χ4n) is 1.64. The van der Waals surface area contributed by atoms with Crippen LogP contribution in [0.1, 0.15) is 13.8 Å². The second-order valence-corrected chi connectivity index (χ2v) is 5.20. The van der Waals surface area contributed by atoms with Gasteiger partial charge in [0.15, 0.2) is 0 Å². The molecule has 0 radical (unpaired) electrons. The lowest BCUT2D eigenvalue weighted by atomic mass is 10.2. The molecule has 2 nitrogen and oxygen atoms in total. The Hall–Kier alpha value is -1.38. The summed E-state index contributed by atoms with van der Waals surface area (Å²) in [5.41, 5.74) is 1.71. The van der Waals surface area contributed by atoms with E-state index >= 15 is 0 Å². The van der Waals surface area contributed by atoms with Gasteiger partial charge in [0.05, 0.1) is 21.8 Å². The van der Waals surface area contributed by atoms with E-state index in [0.29, 0.717) is 10.0 Å². The molecule has 2 rings (SSSR count). The van der Waals surface area contributed by atoms with E-state index in [1.54, 1.807) is 6.07 Å². The van der Waals surface area contributed by atoms with Crippen molar-refractivity contribution < 1.29 is 4.74 Å². The molecule has 2 aromatic carbocycles. The zero-order valence-electron chi connectivity index (χ0n) is 10.8.